The van der Waals surface area contributed by atoms with Gasteiger partial charge in [0.05, 0.1) is 5.69 Å². The fourth-order valence-electron chi connectivity index (χ4n) is 1.69. The van der Waals surface area contributed by atoms with Crippen LogP contribution >= 0.6 is 0 Å². The number of carbonyl (C=O) groups is 1. The predicted molar refractivity (Wildman–Crippen MR) is 66.4 cm³/mol. The molecule has 1 aromatic carbocycles. The number of ether oxygens (including phenoxy) is 1. The highest BCUT2D eigenvalue weighted by molar-refractivity contribution is 5.89. The Morgan fingerprint density at radius 2 is 2.18 bits per heavy atom. The summed E-state index contributed by atoms with van der Waals surface area (Å²) in [5, 5.41) is 1.42. The molecule has 92 valence electrons. The Morgan fingerprint density at radius 3 is 2.82 bits per heavy atom. The van der Waals surface area contributed by atoms with Gasteiger partial charge in [-0.25, -0.2) is 15.2 Å². The Labute approximate surface area is 101 Å². The molecule has 1 aliphatic rings. The van der Waals surface area contributed by atoms with Crippen LogP contribution < -0.4 is 16.2 Å². The Balaban J connectivity index is 2.20. The largest absolute Gasteiger partial charge is 0.442 e. The molecule has 5 heteroatoms. The number of nitrogens with two attached hydrogens (primary N) is 1. The van der Waals surface area contributed by atoms with Crippen molar-refractivity contribution in [2.24, 2.45) is 0 Å². The van der Waals surface area contributed by atoms with Gasteiger partial charge in [0.1, 0.15) is 5.60 Å². The molecule has 1 heterocycles. The lowest BCUT2D eigenvalue weighted by molar-refractivity contribution is 0.0565. The molecule has 2 rings (SSSR count). The smallest absolute Gasteiger partial charge is 0.429 e. The average Bonchev–Trinajstić information content (AvgIpc) is 2.57. The van der Waals surface area contributed by atoms with Crippen molar-refractivity contribution in [2.45, 2.75) is 32.9 Å². The molecule has 3 N–H and O–H groups in total. The monoisotopic (exact) mass is 235 g/mol. The minimum Gasteiger partial charge on any atom is -0.442 e. The summed E-state index contributed by atoms with van der Waals surface area (Å²) < 4.78 is 5.30. The lowest BCUT2D eigenvalue weighted by Crippen LogP contribution is -2.41. The van der Waals surface area contributed by atoms with E-state index in [1.807, 2.05) is 32.9 Å². The lowest BCUT2D eigenvalue weighted by Gasteiger charge is -2.24. The van der Waals surface area contributed by atoms with Gasteiger partial charge in [0.15, 0.2) is 0 Å². The van der Waals surface area contributed by atoms with E-state index in [1.54, 1.807) is 6.07 Å². The maximum absolute atomic E-state index is 11.9. The number of hydrogen-bond donors (Lipinski definition) is 2. The van der Waals surface area contributed by atoms with Gasteiger partial charge in [0, 0.05) is 12.2 Å². The molecule has 0 unspecified atom stereocenters. The molecule has 0 aliphatic carbocycles. The fourth-order valence-corrected chi connectivity index (χ4v) is 1.69. The van der Waals surface area contributed by atoms with E-state index in [0.29, 0.717) is 12.2 Å². The van der Waals surface area contributed by atoms with Gasteiger partial charge >= 0.3 is 6.09 Å². The number of carbonyl (C=O) groups excluding carboxylic acids is 1. The van der Waals surface area contributed by atoms with Gasteiger partial charge in [-0.15, -0.1) is 0 Å². The third kappa shape index (κ3) is 2.50. The van der Waals surface area contributed by atoms with E-state index >= 15 is 0 Å². The first-order valence-corrected chi connectivity index (χ1v) is 5.52. The molecule has 1 amide bonds. The van der Waals surface area contributed by atoms with Gasteiger partial charge in [-0.2, -0.15) is 0 Å². The summed E-state index contributed by atoms with van der Waals surface area (Å²) in [5.41, 5.74) is 10.6. The van der Waals surface area contributed by atoms with Crippen LogP contribution in [0.4, 0.5) is 16.2 Å². The van der Waals surface area contributed by atoms with Crippen molar-refractivity contribution in [3.05, 3.63) is 23.8 Å². The molecule has 5 nitrogen and oxygen atoms in total. The van der Waals surface area contributed by atoms with Gasteiger partial charge in [0.2, 0.25) is 0 Å². The number of hydrazine groups is 1. The molecular formula is C12H17N3O2. The third-order valence-corrected chi connectivity index (χ3v) is 2.35. The second-order valence-electron chi connectivity index (χ2n) is 5.04. The second kappa shape index (κ2) is 3.92. The molecule has 0 fully saturated rings. The van der Waals surface area contributed by atoms with Crippen molar-refractivity contribution in [2.75, 3.05) is 10.7 Å². The summed E-state index contributed by atoms with van der Waals surface area (Å²) in [6.45, 7) is 6.10. The molecule has 0 aromatic heterocycles. The normalized spacial score (nSPS) is 14.6. The van der Waals surface area contributed by atoms with E-state index in [2.05, 4.69) is 5.43 Å². The molecule has 0 saturated heterocycles. The van der Waals surface area contributed by atoms with Crippen LogP contribution in [0.5, 0.6) is 0 Å². The number of hydrogen-bond acceptors (Lipinski definition) is 4. The second-order valence-corrected chi connectivity index (χ2v) is 5.04. The third-order valence-electron chi connectivity index (χ3n) is 2.35. The Kier molecular flexibility index (Phi) is 2.71. The highest BCUT2D eigenvalue weighted by Gasteiger charge is 2.28. The van der Waals surface area contributed by atoms with Crippen molar-refractivity contribution in [3.8, 4) is 0 Å². The Morgan fingerprint density at radius 1 is 1.47 bits per heavy atom. The van der Waals surface area contributed by atoms with Crippen LogP contribution in [-0.2, 0) is 11.3 Å². The van der Waals surface area contributed by atoms with Crippen molar-refractivity contribution < 1.29 is 9.53 Å². The molecule has 0 bridgehead atoms. The standard InChI is InChI=1S/C12H17N3O2/c1-12(2,3)17-11(16)15-10-5-4-9(13)6-8(10)7-14-15/h4-6,14H,7,13H2,1-3H3. The molecule has 0 radical (unpaired) electrons. The molecule has 0 saturated carbocycles. The summed E-state index contributed by atoms with van der Waals surface area (Å²) in [7, 11) is 0. The zero-order valence-corrected chi connectivity index (χ0v) is 10.3. The zero-order chi connectivity index (χ0) is 12.6. The van der Waals surface area contributed by atoms with E-state index in [1.165, 1.54) is 5.01 Å². The minimum atomic E-state index is -0.505. The Hall–Kier alpha value is -1.75. The molecule has 0 atom stereocenters. The summed E-state index contributed by atoms with van der Waals surface area (Å²) in [6, 6.07) is 5.44. The van der Waals surface area contributed by atoms with Crippen molar-refractivity contribution in [1.82, 2.24) is 5.43 Å². The van der Waals surface area contributed by atoms with E-state index in [-0.39, 0.29) is 0 Å². The van der Waals surface area contributed by atoms with Gasteiger partial charge in [-0.1, -0.05) is 0 Å². The summed E-state index contributed by atoms with van der Waals surface area (Å²) in [6.07, 6.45) is -0.402. The van der Waals surface area contributed by atoms with Crippen LogP contribution in [0.25, 0.3) is 0 Å². The summed E-state index contributed by atoms with van der Waals surface area (Å²) in [5.74, 6) is 0. The topological polar surface area (TPSA) is 67.6 Å². The van der Waals surface area contributed by atoms with Crippen molar-refractivity contribution in [1.29, 1.82) is 0 Å². The first-order chi connectivity index (χ1) is 7.87. The number of rotatable bonds is 0. The van der Waals surface area contributed by atoms with Crippen molar-refractivity contribution >= 4 is 17.5 Å². The first-order valence-electron chi connectivity index (χ1n) is 5.52. The van der Waals surface area contributed by atoms with Crippen LogP contribution in [-0.4, -0.2) is 11.7 Å². The number of amides is 1. The zero-order valence-electron chi connectivity index (χ0n) is 10.3. The molecule has 1 aliphatic heterocycles. The maximum Gasteiger partial charge on any atom is 0.429 e. The SMILES string of the molecule is CC(C)(C)OC(=O)N1NCc2cc(N)ccc21. The molecule has 1 aromatic rings. The van der Waals surface area contributed by atoms with Crippen LogP contribution in [0.15, 0.2) is 18.2 Å². The van der Waals surface area contributed by atoms with Crippen LogP contribution in [0.2, 0.25) is 0 Å². The highest BCUT2D eigenvalue weighted by atomic mass is 16.6. The Bertz CT molecular complexity index is 452. The first kappa shape index (κ1) is 11.7. The van der Waals surface area contributed by atoms with Gasteiger partial charge in [-0.3, -0.25) is 0 Å². The van der Waals surface area contributed by atoms with Crippen LogP contribution in [0.1, 0.15) is 26.3 Å². The van der Waals surface area contributed by atoms with E-state index in [0.717, 1.165) is 11.3 Å². The maximum atomic E-state index is 11.9. The van der Waals surface area contributed by atoms with E-state index in [4.69, 9.17) is 10.5 Å². The number of fused-ring (bicyclic) bond motifs is 1. The number of benzene rings is 1. The lowest BCUT2D eigenvalue weighted by atomic mass is 10.2. The molecule has 17 heavy (non-hydrogen) atoms. The molecule has 0 spiro atoms. The number of anilines is 2. The average molecular weight is 235 g/mol. The van der Waals surface area contributed by atoms with Gasteiger partial charge < -0.3 is 10.5 Å². The highest BCUT2D eigenvalue weighted by Crippen LogP contribution is 2.28. The van der Waals surface area contributed by atoms with Gasteiger partial charge in [-0.05, 0) is 44.5 Å². The predicted octanol–water partition coefficient (Wildman–Crippen LogP) is 2.03. The fraction of sp³-hybridized carbons (Fsp3) is 0.417. The van der Waals surface area contributed by atoms with E-state index < -0.39 is 11.7 Å². The van der Waals surface area contributed by atoms with E-state index in [9.17, 15) is 4.79 Å². The number of nitrogens with one attached hydrogen (secondary N) is 1. The quantitative estimate of drug-likeness (QED) is 0.675. The molecular weight excluding hydrogens is 218 g/mol. The van der Waals surface area contributed by atoms with Crippen molar-refractivity contribution in [3.63, 3.8) is 0 Å². The number of nitrogens with zero attached hydrogens (tertiary/aromatic N) is 1. The summed E-state index contributed by atoms with van der Waals surface area (Å²) >= 11 is 0. The van der Waals surface area contributed by atoms with Gasteiger partial charge in [0.25, 0.3) is 0 Å². The summed E-state index contributed by atoms with van der Waals surface area (Å²) in [4.78, 5) is 11.9. The number of nitrogen functional groups attached to an aromatic ring is 1. The van der Waals surface area contributed by atoms with Crippen LogP contribution in [0, 0.1) is 0 Å². The minimum absolute atomic E-state index is 0.402. The van der Waals surface area contributed by atoms with Crippen LogP contribution in [0.3, 0.4) is 0 Å².